The van der Waals surface area contributed by atoms with Crippen LogP contribution in [0.1, 0.15) is 6.92 Å². The molecular weight excluding hydrogens is 198 g/mol. The van der Waals surface area contributed by atoms with Crippen LogP contribution >= 0.6 is 11.8 Å². The number of fused-ring (bicyclic) bond motifs is 1. The van der Waals surface area contributed by atoms with Crippen molar-refractivity contribution in [2.45, 2.75) is 11.8 Å². The van der Waals surface area contributed by atoms with Crippen LogP contribution in [0.15, 0.2) is 27.5 Å². The molecule has 0 aliphatic heterocycles. The quantitative estimate of drug-likeness (QED) is 0.728. The fourth-order valence-corrected chi connectivity index (χ4v) is 1.62. The van der Waals surface area contributed by atoms with Gasteiger partial charge in [-0.3, -0.25) is 0 Å². The van der Waals surface area contributed by atoms with Crippen molar-refractivity contribution in [3.63, 3.8) is 0 Å². The fraction of sp³-hybridized carbons (Fsp3) is 0.300. The van der Waals surface area contributed by atoms with Gasteiger partial charge in [-0.25, -0.2) is 0 Å². The molecular formula is C10H11NO2S. The van der Waals surface area contributed by atoms with Crippen molar-refractivity contribution < 1.29 is 9.15 Å². The van der Waals surface area contributed by atoms with Crippen LogP contribution in [-0.4, -0.2) is 17.8 Å². The number of rotatable bonds is 3. The summed E-state index contributed by atoms with van der Waals surface area (Å²) in [5.41, 5.74) is 1.62. The molecule has 0 aliphatic rings. The van der Waals surface area contributed by atoms with E-state index in [9.17, 15) is 0 Å². The molecule has 0 bridgehead atoms. The van der Waals surface area contributed by atoms with Crippen LogP contribution in [0, 0.1) is 0 Å². The minimum Gasteiger partial charge on any atom is -0.450 e. The van der Waals surface area contributed by atoms with E-state index in [-0.39, 0.29) is 0 Å². The molecule has 1 heterocycles. The Morgan fingerprint density at radius 3 is 3.07 bits per heavy atom. The van der Waals surface area contributed by atoms with Gasteiger partial charge in [0.1, 0.15) is 5.52 Å². The zero-order valence-corrected chi connectivity index (χ0v) is 8.93. The maximum atomic E-state index is 5.40. The minimum absolute atomic E-state index is 0.348. The molecule has 4 heteroatoms. The Labute approximate surface area is 86.5 Å². The lowest BCUT2D eigenvalue weighted by atomic mass is 10.3. The van der Waals surface area contributed by atoms with Crippen molar-refractivity contribution in [2.75, 3.05) is 12.9 Å². The van der Waals surface area contributed by atoms with Crippen molar-refractivity contribution in [3.05, 3.63) is 18.2 Å². The Balaban J connectivity index is 2.43. The van der Waals surface area contributed by atoms with Gasteiger partial charge in [0.2, 0.25) is 0 Å². The third-order valence-electron chi connectivity index (χ3n) is 1.84. The first-order valence-corrected chi connectivity index (χ1v) is 5.63. The highest BCUT2D eigenvalue weighted by Crippen LogP contribution is 2.25. The first-order chi connectivity index (χ1) is 6.83. The number of aromatic nitrogens is 1. The normalized spacial score (nSPS) is 10.7. The van der Waals surface area contributed by atoms with E-state index < -0.39 is 0 Å². The van der Waals surface area contributed by atoms with Gasteiger partial charge in [0.05, 0.1) is 6.61 Å². The number of nitrogens with zero attached hydrogens (tertiary/aromatic N) is 1. The maximum absolute atomic E-state index is 5.40. The molecule has 1 aromatic heterocycles. The standard InChI is InChI=1S/C10H11NO2S/c1-3-12-10-11-8-5-4-7(14-2)6-9(8)13-10/h4-6H,3H2,1-2H3. The van der Waals surface area contributed by atoms with E-state index in [1.165, 1.54) is 0 Å². The molecule has 0 unspecified atom stereocenters. The van der Waals surface area contributed by atoms with Gasteiger partial charge < -0.3 is 9.15 Å². The van der Waals surface area contributed by atoms with Crippen molar-refractivity contribution in [1.82, 2.24) is 4.98 Å². The lowest BCUT2D eigenvalue weighted by Crippen LogP contribution is -1.89. The summed E-state index contributed by atoms with van der Waals surface area (Å²) < 4.78 is 10.6. The third kappa shape index (κ3) is 1.70. The number of benzene rings is 1. The zero-order valence-electron chi connectivity index (χ0n) is 8.11. The van der Waals surface area contributed by atoms with Gasteiger partial charge in [0.15, 0.2) is 5.58 Å². The number of hydrogen-bond acceptors (Lipinski definition) is 4. The first kappa shape index (κ1) is 9.40. The Hall–Kier alpha value is -1.16. The highest BCUT2D eigenvalue weighted by molar-refractivity contribution is 7.98. The lowest BCUT2D eigenvalue weighted by Gasteiger charge is -1.92. The number of oxazole rings is 1. The summed E-state index contributed by atoms with van der Waals surface area (Å²) in [6.07, 6.45) is 2.38. The molecule has 0 spiro atoms. The van der Waals surface area contributed by atoms with Gasteiger partial charge >= 0.3 is 6.08 Å². The fourth-order valence-electron chi connectivity index (χ4n) is 1.20. The molecule has 0 atom stereocenters. The van der Waals surface area contributed by atoms with E-state index in [1.54, 1.807) is 11.8 Å². The molecule has 2 aromatic rings. The maximum Gasteiger partial charge on any atom is 0.394 e. The lowest BCUT2D eigenvalue weighted by molar-refractivity contribution is 0.251. The summed E-state index contributed by atoms with van der Waals surface area (Å²) in [6.45, 7) is 2.48. The zero-order chi connectivity index (χ0) is 9.97. The number of thioether (sulfide) groups is 1. The Kier molecular flexibility index (Phi) is 2.63. The van der Waals surface area contributed by atoms with E-state index >= 15 is 0 Å². The second-order valence-corrected chi connectivity index (χ2v) is 3.63. The summed E-state index contributed by atoms with van der Waals surface area (Å²) in [6, 6.07) is 5.92. The van der Waals surface area contributed by atoms with Crippen molar-refractivity contribution >= 4 is 22.9 Å². The molecule has 0 radical (unpaired) electrons. The van der Waals surface area contributed by atoms with E-state index in [1.807, 2.05) is 31.4 Å². The predicted octanol–water partition coefficient (Wildman–Crippen LogP) is 2.95. The van der Waals surface area contributed by atoms with Gasteiger partial charge in [-0.05, 0) is 31.4 Å². The molecule has 1 aromatic carbocycles. The molecule has 0 amide bonds. The Morgan fingerprint density at radius 1 is 1.50 bits per heavy atom. The van der Waals surface area contributed by atoms with E-state index in [0.29, 0.717) is 12.7 Å². The average molecular weight is 209 g/mol. The van der Waals surface area contributed by atoms with E-state index in [2.05, 4.69) is 4.98 Å². The van der Waals surface area contributed by atoms with Gasteiger partial charge in [-0.15, -0.1) is 11.8 Å². The van der Waals surface area contributed by atoms with Crippen LogP contribution in [-0.2, 0) is 0 Å². The van der Waals surface area contributed by atoms with Gasteiger partial charge in [-0.1, -0.05) is 0 Å². The SMILES string of the molecule is CCOc1nc2ccc(SC)cc2o1. The van der Waals surface area contributed by atoms with Gasteiger partial charge in [-0.2, -0.15) is 4.98 Å². The average Bonchev–Trinajstić information content (AvgIpc) is 2.59. The topological polar surface area (TPSA) is 35.3 Å². The summed E-state index contributed by atoms with van der Waals surface area (Å²) in [5.74, 6) is 0. The van der Waals surface area contributed by atoms with Crippen LogP contribution in [0.3, 0.4) is 0 Å². The number of hydrogen-bond donors (Lipinski definition) is 0. The van der Waals surface area contributed by atoms with Crippen molar-refractivity contribution in [1.29, 1.82) is 0 Å². The summed E-state index contributed by atoms with van der Waals surface area (Å²) >= 11 is 1.68. The first-order valence-electron chi connectivity index (χ1n) is 4.41. The van der Waals surface area contributed by atoms with Crippen molar-refractivity contribution in [2.24, 2.45) is 0 Å². The van der Waals surface area contributed by atoms with Crippen LogP contribution in [0.5, 0.6) is 6.08 Å². The Morgan fingerprint density at radius 2 is 2.36 bits per heavy atom. The highest BCUT2D eigenvalue weighted by atomic mass is 32.2. The molecule has 2 rings (SSSR count). The molecule has 0 fully saturated rings. The summed E-state index contributed by atoms with van der Waals surface area (Å²) in [4.78, 5) is 5.34. The van der Waals surface area contributed by atoms with Crippen LogP contribution < -0.4 is 4.74 Å². The molecule has 0 saturated carbocycles. The van der Waals surface area contributed by atoms with E-state index in [4.69, 9.17) is 9.15 Å². The molecule has 0 aliphatic carbocycles. The second-order valence-electron chi connectivity index (χ2n) is 2.75. The van der Waals surface area contributed by atoms with Gasteiger partial charge in [0, 0.05) is 4.90 Å². The second kappa shape index (κ2) is 3.92. The smallest absolute Gasteiger partial charge is 0.394 e. The molecule has 0 saturated heterocycles. The van der Waals surface area contributed by atoms with Gasteiger partial charge in [0.25, 0.3) is 0 Å². The monoisotopic (exact) mass is 209 g/mol. The summed E-state index contributed by atoms with van der Waals surface area (Å²) in [7, 11) is 0. The molecule has 74 valence electrons. The van der Waals surface area contributed by atoms with Crippen molar-refractivity contribution in [3.8, 4) is 6.08 Å². The molecule has 0 N–H and O–H groups in total. The third-order valence-corrected chi connectivity index (χ3v) is 2.57. The summed E-state index contributed by atoms with van der Waals surface area (Å²) in [5, 5.41) is 0. The number of ether oxygens (including phenoxy) is 1. The van der Waals surface area contributed by atoms with Crippen LogP contribution in [0.4, 0.5) is 0 Å². The van der Waals surface area contributed by atoms with Crippen LogP contribution in [0.2, 0.25) is 0 Å². The molecule has 14 heavy (non-hydrogen) atoms. The van der Waals surface area contributed by atoms with E-state index in [0.717, 1.165) is 16.0 Å². The highest BCUT2D eigenvalue weighted by Gasteiger charge is 2.06. The molecule has 3 nitrogen and oxygen atoms in total. The predicted molar refractivity (Wildman–Crippen MR) is 57.0 cm³/mol. The minimum atomic E-state index is 0.348. The Bertz CT molecular complexity index is 439. The largest absolute Gasteiger partial charge is 0.450 e. The van der Waals surface area contributed by atoms with Crippen LogP contribution in [0.25, 0.3) is 11.1 Å².